The summed E-state index contributed by atoms with van der Waals surface area (Å²) < 4.78 is 8.17. The van der Waals surface area contributed by atoms with E-state index in [1.54, 1.807) is 18.2 Å². The average molecular weight is 551 g/mol. The van der Waals surface area contributed by atoms with Crippen LogP contribution in [-0.2, 0) is 29.1 Å². The molecule has 2 aromatic carbocycles. The summed E-state index contributed by atoms with van der Waals surface area (Å²) in [5.41, 5.74) is 3.61. The predicted octanol–water partition coefficient (Wildman–Crippen LogP) is 3.12. The third kappa shape index (κ3) is 4.51. The Morgan fingerprint density at radius 1 is 1.19 bits per heavy atom. The molecule has 5 rings (SSSR count). The van der Waals surface area contributed by atoms with Gasteiger partial charge in [0.05, 0.1) is 18.7 Å². The number of halogens is 1. The van der Waals surface area contributed by atoms with Gasteiger partial charge in [0.2, 0.25) is 11.8 Å². The van der Waals surface area contributed by atoms with Gasteiger partial charge in [-0.1, -0.05) is 34.6 Å². The molecule has 0 aliphatic carbocycles. The topological polar surface area (TPSA) is 83.9 Å². The first kappa shape index (κ1) is 24.1. The van der Waals surface area contributed by atoms with Gasteiger partial charge in [0.25, 0.3) is 5.91 Å². The van der Waals surface area contributed by atoms with E-state index in [2.05, 4.69) is 27.8 Å². The highest BCUT2D eigenvalue weighted by Gasteiger charge is 2.31. The first-order valence-electron chi connectivity index (χ1n) is 11.8. The van der Waals surface area contributed by atoms with Crippen LogP contribution in [0.2, 0.25) is 0 Å². The summed E-state index contributed by atoms with van der Waals surface area (Å²) in [7, 11) is 1.66. The number of fused-ring (bicyclic) bond motifs is 2. The lowest BCUT2D eigenvalue weighted by molar-refractivity contribution is -0.133. The van der Waals surface area contributed by atoms with Gasteiger partial charge in [-0.2, -0.15) is 0 Å². The fourth-order valence-corrected chi connectivity index (χ4v) is 5.35. The molecular formula is C27H27BrN4O4. The number of ether oxygens (including phenoxy) is 1. The molecule has 0 radical (unpaired) electrons. The van der Waals surface area contributed by atoms with Crippen molar-refractivity contribution in [3.63, 3.8) is 0 Å². The van der Waals surface area contributed by atoms with Crippen molar-refractivity contribution in [1.29, 1.82) is 0 Å². The van der Waals surface area contributed by atoms with Gasteiger partial charge in [-0.3, -0.25) is 14.4 Å². The Bertz CT molecular complexity index is 1380. The monoisotopic (exact) mass is 550 g/mol. The molecule has 9 heteroatoms. The van der Waals surface area contributed by atoms with E-state index in [0.717, 1.165) is 38.7 Å². The Balaban J connectivity index is 1.35. The van der Waals surface area contributed by atoms with Crippen LogP contribution in [0.25, 0.3) is 10.9 Å². The molecule has 1 saturated heterocycles. The summed E-state index contributed by atoms with van der Waals surface area (Å²) in [5.74, 6) is 0.491. The summed E-state index contributed by atoms with van der Waals surface area (Å²) in [4.78, 5) is 41.6. The molecule has 0 spiro atoms. The van der Waals surface area contributed by atoms with E-state index >= 15 is 0 Å². The van der Waals surface area contributed by atoms with Gasteiger partial charge >= 0.3 is 0 Å². The summed E-state index contributed by atoms with van der Waals surface area (Å²) >= 11 is 3.52. The molecule has 0 unspecified atom stereocenters. The van der Waals surface area contributed by atoms with E-state index in [4.69, 9.17) is 4.74 Å². The number of hydrogen-bond donors (Lipinski definition) is 1. The van der Waals surface area contributed by atoms with Crippen LogP contribution in [0.4, 0.5) is 0 Å². The molecule has 0 saturated carbocycles. The van der Waals surface area contributed by atoms with Crippen molar-refractivity contribution in [1.82, 2.24) is 19.7 Å². The molecule has 1 aromatic heterocycles. The number of likely N-dealkylation sites (tertiary alicyclic amines) is 1. The van der Waals surface area contributed by atoms with Gasteiger partial charge in [-0.05, 0) is 42.3 Å². The highest BCUT2D eigenvalue weighted by atomic mass is 79.9. The number of nitrogens with zero attached hydrogens (tertiary/aromatic N) is 3. The van der Waals surface area contributed by atoms with Crippen molar-refractivity contribution in [2.45, 2.75) is 25.6 Å². The molecular weight excluding hydrogens is 524 g/mol. The summed E-state index contributed by atoms with van der Waals surface area (Å²) in [6, 6.07) is 11.6. The Hall–Kier alpha value is -3.59. The van der Waals surface area contributed by atoms with Crippen molar-refractivity contribution < 1.29 is 19.1 Å². The van der Waals surface area contributed by atoms with Gasteiger partial charge in [0, 0.05) is 53.3 Å². The van der Waals surface area contributed by atoms with Crippen LogP contribution < -0.4 is 10.1 Å². The molecule has 0 bridgehead atoms. The normalized spacial score (nSPS) is 15.3. The molecule has 3 aromatic rings. The van der Waals surface area contributed by atoms with E-state index in [0.29, 0.717) is 31.7 Å². The highest BCUT2D eigenvalue weighted by Crippen LogP contribution is 2.31. The van der Waals surface area contributed by atoms with E-state index < -0.39 is 0 Å². The number of hydrogen-bond acceptors (Lipinski definition) is 4. The fourth-order valence-electron chi connectivity index (χ4n) is 4.99. The number of carbonyl (C=O) groups is 3. The van der Waals surface area contributed by atoms with E-state index in [1.807, 2.05) is 45.9 Å². The van der Waals surface area contributed by atoms with Gasteiger partial charge < -0.3 is 24.4 Å². The standard InChI is InChI=1S/C27H27BrN4O4/c1-3-26(34)32-13-19(14-32)29-25(33)16-31-15-22(21-11-18(28)7-8-23(21)31)27(35)30-10-9-20-17(12-30)5-4-6-24(20)36-2/h3-8,11,15,19H,1,9-10,12-14,16H2,2H3,(H,29,33). The predicted molar refractivity (Wildman–Crippen MR) is 140 cm³/mol. The van der Waals surface area contributed by atoms with Crippen LogP contribution in [0, 0.1) is 0 Å². The fraction of sp³-hybridized carbons (Fsp3) is 0.296. The summed E-state index contributed by atoms with van der Waals surface area (Å²) in [5, 5.41) is 3.77. The van der Waals surface area contributed by atoms with Crippen molar-refractivity contribution >= 4 is 44.6 Å². The first-order chi connectivity index (χ1) is 17.4. The number of rotatable bonds is 6. The van der Waals surface area contributed by atoms with Crippen molar-refractivity contribution in [2.24, 2.45) is 0 Å². The van der Waals surface area contributed by atoms with Gasteiger partial charge in [0.1, 0.15) is 12.3 Å². The lowest BCUT2D eigenvalue weighted by atomic mass is 9.98. The number of benzene rings is 2. The zero-order chi connectivity index (χ0) is 25.4. The molecule has 3 heterocycles. The maximum absolute atomic E-state index is 13.7. The van der Waals surface area contributed by atoms with Crippen molar-refractivity contribution in [2.75, 3.05) is 26.7 Å². The molecule has 1 N–H and O–H groups in total. The molecule has 3 amide bonds. The minimum absolute atomic E-state index is 0.0664. The number of methoxy groups -OCH3 is 1. The zero-order valence-electron chi connectivity index (χ0n) is 20.0. The second-order valence-electron chi connectivity index (χ2n) is 9.12. The van der Waals surface area contributed by atoms with E-state index in [-0.39, 0.29) is 30.3 Å². The van der Waals surface area contributed by atoms with E-state index in [9.17, 15) is 14.4 Å². The van der Waals surface area contributed by atoms with Crippen LogP contribution in [0.15, 0.2) is 59.7 Å². The molecule has 8 nitrogen and oxygen atoms in total. The highest BCUT2D eigenvalue weighted by molar-refractivity contribution is 9.10. The van der Waals surface area contributed by atoms with Crippen LogP contribution >= 0.6 is 15.9 Å². The van der Waals surface area contributed by atoms with Gasteiger partial charge in [-0.15, -0.1) is 0 Å². The van der Waals surface area contributed by atoms with Gasteiger partial charge in [0.15, 0.2) is 0 Å². The SMILES string of the molecule is C=CC(=O)N1CC(NC(=O)Cn2cc(C(=O)N3CCc4c(cccc4OC)C3)c3cc(Br)ccc32)C1. The Labute approximate surface area is 217 Å². The lowest BCUT2D eigenvalue weighted by Crippen LogP contribution is -2.61. The van der Waals surface area contributed by atoms with Gasteiger partial charge in [-0.25, -0.2) is 0 Å². The molecule has 186 valence electrons. The minimum Gasteiger partial charge on any atom is -0.496 e. The largest absolute Gasteiger partial charge is 0.496 e. The third-order valence-corrected chi connectivity index (χ3v) is 7.34. The smallest absolute Gasteiger partial charge is 0.256 e. The Morgan fingerprint density at radius 2 is 2.00 bits per heavy atom. The summed E-state index contributed by atoms with van der Waals surface area (Å²) in [6.45, 7) is 5.62. The second-order valence-corrected chi connectivity index (χ2v) is 10.0. The molecule has 1 fully saturated rings. The van der Waals surface area contributed by atoms with Crippen LogP contribution in [0.3, 0.4) is 0 Å². The maximum atomic E-state index is 13.7. The van der Waals surface area contributed by atoms with Crippen LogP contribution in [0.5, 0.6) is 5.75 Å². The second kappa shape index (κ2) is 9.81. The van der Waals surface area contributed by atoms with Crippen LogP contribution in [0.1, 0.15) is 21.5 Å². The Kier molecular flexibility index (Phi) is 6.57. The lowest BCUT2D eigenvalue weighted by Gasteiger charge is -2.38. The average Bonchev–Trinajstić information content (AvgIpc) is 3.21. The number of nitrogens with one attached hydrogen (secondary N) is 1. The molecule has 2 aliphatic rings. The first-order valence-corrected chi connectivity index (χ1v) is 12.6. The molecule has 2 aliphatic heterocycles. The Morgan fingerprint density at radius 3 is 2.75 bits per heavy atom. The quantitative estimate of drug-likeness (QED) is 0.478. The molecule has 0 atom stereocenters. The zero-order valence-corrected chi connectivity index (χ0v) is 21.6. The van der Waals surface area contributed by atoms with E-state index in [1.165, 1.54) is 6.08 Å². The number of aromatic nitrogens is 1. The maximum Gasteiger partial charge on any atom is 0.256 e. The molecule has 36 heavy (non-hydrogen) atoms. The van der Waals surface area contributed by atoms with Crippen molar-refractivity contribution in [3.8, 4) is 5.75 Å². The van der Waals surface area contributed by atoms with Crippen LogP contribution in [-0.4, -0.2) is 64.9 Å². The minimum atomic E-state index is -0.163. The summed E-state index contributed by atoms with van der Waals surface area (Å²) in [6.07, 6.45) is 3.77. The number of amides is 3. The third-order valence-electron chi connectivity index (χ3n) is 6.85. The number of carbonyl (C=O) groups excluding carboxylic acids is 3. The van der Waals surface area contributed by atoms with Crippen molar-refractivity contribution in [3.05, 3.63) is 76.4 Å².